The van der Waals surface area contributed by atoms with Crippen molar-refractivity contribution in [2.24, 2.45) is 0 Å². The Bertz CT molecular complexity index is 3240. The molecule has 10 aromatic rings. The molecule has 0 amide bonds. The fraction of sp³-hybridized carbons (Fsp3) is 0.0536. The lowest BCUT2D eigenvalue weighted by Gasteiger charge is -2.31. The van der Waals surface area contributed by atoms with Crippen molar-refractivity contribution in [3.63, 3.8) is 0 Å². The van der Waals surface area contributed by atoms with Crippen LogP contribution < -0.4 is 0 Å². The predicted octanol–water partition coefficient (Wildman–Crippen LogP) is 14.1. The molecule has 0 N–H and O–H groups in total. The standard InChI is InChI=1S/C56H38N2/c1-35-21-24-44-45-25-22-36(2)29-51(45)56(50(44)28-35)49-19-7-6-18-43(49)46-33-48-47-32-40(23-26-54(47)58(55(48)34-52(46)56)42-16-4-3-5-17-42)38-13-10-12-37(30-38)39-14-11-15-41(31-39)53-20-8-9-27-57-53/h3-34H,1-2H3. The zero-order chi connectivity index (χ0) is 38.5. The summed E-state index contributed by atoms with van der Waals surface area (Å²) in [5, 5.41) is 2.51. The van der Waals surface area contributed by atoms with E-state index in [4.69, 9.17) is 0 Å². The molecule has 8 aromatic carbocycles. The fourth-order valence-electron chi connectivity index (χ4n) is 10.2. The number of hydrogen-bond acceptors (Lipinski definition) is 1. The van der Waals surface area contributed by atoms with Gasteiger partial charge in [0.15, 0.2) is 0 Å². The quantitative estimate of drug-likeness (QED) is 0.176. The van der Waals surface area contributed by atoms with Gasteiger partial charge in [0.2, 0.25) is 0 Å². The second kappa shape index (κ2) is 12.4. The van der Waals surface area contributed by atoms with E-state index in [0.29, 0.717) is 0 Å². The molecule has 0 bridgehead atoms. The van der Waals surface area contributed by atoms with Crippen LogP contribution in [0.15, 0.2) is 194 Å². The zero-order valence-corrected chi connectivity index (χ0v) is 32.4. The first-order valence-corrected chi connectivity index (χ1v) is 20.2. The largest absolute Gasteiger partial charge is 0.309 e. The van der Waals surface area contributed by atoms with Crippen molar-refractivity contribution in [3.05, 3.63) is 228 Å². The Balaban J connectivity index is 1.10. The van der Waals surface area contributed by atoms with Crippen molar-refractivity contribution in [3.8, 4) is 61.5 Å². The molecule has 2 aliphatic carbocycles. The summed E-state index contributed by atoms with van der Waals surface area (Å²) in [6.07, 6.45) is 1.85. The minimum Gasteiger partial charge on any atom is -0.309 e. The number of rotatable bonds is 4. The highest BCUT2D eigenvalue weighted by Gasteiger charge is 2.52. The Morgan fingerprint density at radius 1 is 0.379 bits per heavy atom. The molecular formula is C56H38N2. The number of fused-ring (bicyclic) bond motifs is 13. The molecule has 0 fully saturated rings. The number of aryl methyl sites for hydroxylation is 2. The molecule has 1 spiro atoms. The molecule has 0 aliphatic heterocycles. The maximum atomic E-state index is 4.61. The van der Waals surface area contributed by atoms with Gasteiger partial charge >= 0.3 is 0 Å². The van der Waals surface area contributed by atoms with Crippen molar-refractivity contribution in [1.82, 2.24) is 9.55 Å². The average molecular weight is 739 g/mol. The lowest BCUT2D eigenvalue weighted by molar-refractivity contribution is 0.792. The van der Waals surface area contributed by atoms with Crippen LogP contribution >= 0.6 is 0 Å². The van der Waals surface area contributed by atoms with Crippen LogP contribution in [0.2, 0.25) is 0 Å². The van der Waals surface area contributed by atoms with Gasteiger partial charge in [0.25, 0.3) is 0 Å². The minimum atomic E-state index is -0.416. The number of aromatic nitrogens is 2. The highest BCUT2D eigenvalue weighted by molar-refractivity contribution is 6.13. The molecule has 2 aromatic heterocycles. The topological polar surface area (TPSA) is 17.8 Å². The third kappa shape index (κ3) is 4.63. The van der Waals surface area contributed by atoms with Crippen LogP contribution in [-0.2, 0) is 5.41 Å². The molecule has 0 radical (unpaired) electrons. The van der Waals surface area contributed by atoms with E-state index in [1.165, 1.54) is 99.7 Å². The molecule has 0 unspecified atom stereocenters. The van der Waals surface area contributed by atoms with Crippen LogP contribution in [0, 0.1) is 13.8 Å². The molecule has 2 aliphatic rings. The van der Waals surface area contributed by atoms with Crippen LogP contribution in [-0.4, -0.2) is 9.55 Å². The van der Waals surface area contributed by atoms with Gasteiger partial charge in [0.1, 0.15) is 0 Å². The lowest BCUT2D eigenvalue weighted by Crippen LogP contribution is -2.26. The van der Waals surface area contributed by atoms with Crippen LogP contribution in [0.25, 0.3) is 83.3 Å². The molecule has 12 rings (SSSR count). The third-order valence-electron chi connectivity index (χ3n) is 12.7. The monoisotopic (exact) mass is 738 g/mol. The summed E-state index contributed by atoms with van der Waals surface area (Å²) in [7, 11) is 0. The van der Waals surface area contributed by atoms with E-state index >= 15 is 0 Å². The van der Waals surface area contributed by atoms with Crippen molar-refractivity contribution in [1.29, 1.82) is 0 Å². The van der Waals surface area contributed by atoms with Crippen molar-refractivity contribution in [2.45, 2.75) is 19.3 Å². The number of pyridine rings is 1. The van der Waals surface area contributed by atoms with Crippen LogP contribution in [0.5, 0.6) is 0 Å². The molecular weight excluding hydrogens is 701 g/mol. The Morgan fingerprint density at radius 3 is 1.67 bits per heavy atom. The summed E-state index contributed by atoms with van der Waals surface area (Å²) in [6.45, 7) is 4.46. The summed E-state index contributed by atoms with van der Waals surface area (Å²) in [6, 6.07) is 70.0. The van der Waals surface area contributed by atoms with Gasteiger partial charge in [-0.2, -0.15) is 0 Å². The van der Waals surface area contributed by atoms with Crippen LogP contribution in [0.3, 0.4) is 0 Å². The zero-order valence-electron chi connectivity index (χ0n) is 32.4. The van der Waals surface area contributed by atoms with Gasteiger partial charge in [-0.25, -0.2) is 0 Å². The van der Waals surface area contributed by atoms with Gasteiger partial charge in [-0.3, -0.25) is 4.98 Å². The Hall–Kier alpha value is -7.29. The first-order valence-electron chi connectivity index (χ1n) is 20.2. The van der Waals surface area contributed by atoms with Crippen LogP contribution in [0.4, 0.5) is 0 Å². The highest BCUT2D eigenvalue weighted by Crippen LogP contribution is 2.63. The lowest BCUT2D eigenvalue weighted by atomic mass is 9.70. The molecule has 2 heterocycles. The van der Waals surface area contributed by atoms with Crippen LogP contribution in [0.1, 0.15) is 33.4 Å². The van der Waals surface area contributed by atoms with Crippen molar-refractivity contribution in [2.75, 3.05) is 0 Å². The molecule has 2 nitrogen and oxygen atoms in total. The Morgan fingerprint density at radius 2 is 0.966 bits per heavy atom. The van der Waals surface area contributed by atoms with Crippen molar-refractivity contribution >= 4 is 21.8 Å². The van der Waals surface area contributed by atoms with Gasteiger partial charge in [-0.15, -0.1) is 0 Å². The van der Waals surface area contributed by atoms with Gasteiger partial charge in [-0.1, -0.05) is 139 Å². The summed E-state index contributed by atoms with van der Waals surface area (Å²) in [5.41, 5.74) is 23.4. The first-order chi connectivity index (χ1) is 28.6. The maximum absolute atomic E-state index is 4.61. The normalized spacial score (nSPS) is 13.1. The molecule has 0 atom stereocenters. The second-order valence-corrected chi connectivity index (χ2v) is 16.1. The number of hydrogen-bond donors (Lipinski definition) is 0. The van der Waals surface area contributed by atoms with E-state index in [9.17, 15) is 0 Å². The summed E-state index contributed by atoms with van der Waals surface area (Å²) in [5.74, 6) is 0. The van der Waals surface area contributed by atoms with Gasteiger partial charge in [-0.05, 0) is 141 Å². The van der Waals surface area contributed by atoms with Gasteiger partial charge in [0, 0.05) is 28.2 Å². The third-order valence-corrected chi connectivity index (χ3v) is 12.7. The highest BCUT2D eigenvalue weighted by atomic mass is 15.0. The Kier molecular flexibility index (Phi) is 7.01. The van der Waals surface area contributed by atoms with E-state index in [1.807, 2.05) is 18.3 Å². The molecule has 58 heavy (non-hydrogen) atoms. The number of nitrogens with zero attached hydrogens (tertiary/aromatic N) is 2. The molecule has 0 saturated heterocycles. The SMILES string of the molecule is Cc1ccc2c(c1)C1(c3ccccc3-c3cc4c5cc(-c6cccc(-c7cccc(-c8ccccn8)c7)c6)ccc5n(-c5ccccc5)c4cc31)c1cc(C)ccc1-2. The number of benzene rings is 8. The summed E-state index contributed by atoms with van der Waals surface area (Å²) in [4.78, 5) is 4.61. The fourth-order valence-corrected chi connectivity index (χ4v) is 10.2. The Labute approximate surface area is 338 Å². The van der Waals surface area contributed by atoms with Gasteiger partial charge < -0.3 is 4.57 Å². The second-order valence-electron chi connectivity index (χ2n) is 16.1. The number of para-hydroxylation sites is 1. The van der Waals surface area contributed by atoms with Gasteiger partial charge in [0.05, 0.1) is 22.1 Å². The van der Waals surface area contributed by atoms with E-state index < -0.39 is 5.41 Å². The van der Waals surface area contributed by atoms with E-state index in [1.54, 1.807) is 0 Å². The summed E-state index contributed by atoms with van der Waals surface area (Å²) >= 11 is 0. The smallest absolute Gasteiger partial charge is 0.0726 e. The van der Waals surface area contributed by atoms with E-state index in [0.717, 1.165) is 16.9 Å². The first kappa shape index (κ1) is 32.9. The minimum absolute atomic E-state index is 0.416. The molecule has 0 saturated carbocycles. The molecule has 272 valence electrons. The van der Waals surface area contributed by atoms with E-state index in [-0.39, 0.29) is 0 Å². The maximum Gasteiger partial charge on any atom is 0.0726 e. The predicted molar refractivity (Wildman–Crippen MR) is 241 cm³/mol. The summed E-state index contributed by atoms with van der Waals surface area (Å²) < 4.78 is 2.48. The average Bonchev–Trinajstić information content (AvgIpc) is 3.86. The van der Waals surface area contributed by atoms with Crippen molar-refractivity contribution < 1.29 is 0 Å². The molecule has 2 heteroatoms. The van der Waals surface area contributed by atoms with E-state index in [2.05, 4.69) is 199 Å².